The van der Waals surface area contributed by atoms with Crippen molar-refractivity contribution >= 4 is 29.2 Å². The Labute approximate surface area is 180 Å². The molecular weight excluding hydrogens is 407 g/mol. The van der Waals surface area contributed by atoms with Crippen molar-refractivity contribution in [3.05, 3.63) is 65.5 Å². The number of methoxy groups -OCH3 is 1. The molecule has 1 fully saturated rings. The molecule has 0 aromatic heterocycles. The lowest BCUT2D eigenvalue weighted by atomic mass is 9.84. The van der Waals surface area contributed by atoms with Gasteiger partial charge in [0.25, 0.3) is 5.91 Å². The van der Waals surface area contributed by atoms with Crippen molar-refractivity contribution in [3.8, 4) is 5.75 Å². The molecule has 0 aliphatic carbocycles. The minimum absolute atomic E-state index is 0.191. The van der Waals surface area contributed by atoms with E-state index in [1.54, 1.807) is 18.9 Å². The molecule has 1 unspecified atom stereocenters. The summed E-state index contributed by atoms with van der Waals surface area (Å²) in [5.41, 5.74) is 0.0925. The van der Waals surface area contributed by atoms with Gasteiger partial charge in [-0.1, -0.05) is 24.3 Å². The third-order valence-corrected chi connectivity index (χ3v) is 5.43. The fraction of sp³-hybridized carbons (Fsp3) is 0.318. The monoisotopic (exact) mass is 430 g/mol. The van der Waals surface area contributed by atoms with Crippen molar-refractivity contribution in [2.24, 2.45) is 0 Å². The minimum Gasteiger partial charge on any atom is -0.497 e. The Bertz CT molecular complexity index is 933. The second-order valence-corrected chi connectivity index (χ2v) is 7.24. The molecule has 1 aliphatic heterocycles. The Kier molecular flexibility index (Phi) is 6.66. The van der Waals surface area contributed by atoms with Gasteiger partial charge in [-0.2, -0.15) is 0 Å². The van der Waals surface area contributed by atoms with Gasteiger partial charge >= 0.3 is 5.97 Å². The molecule has 1 atom stereocenters. The molecule has 0 saturated carbocycles. The Hall–Kier alpha value is -3.00. The van der Waals surface area contributed by atoms with E-state index in [1.807, 2.05) is 24.3 Å². The van der Waals surface area contributed by atoms with E-state index in [2.05, 4.69) is 5.32 Å². The predicted octanol–water partition coefficient (Wildman–Crippen LogP) is 2.94. The summed E-state index contributed by atoms with van der Waals surface area (Å²) in [7, 11) is 1.60. The van der Waals surface area contributed by atoms with Gasteiger partial charge in [0, 0.05) is 6.54 Å². The van der Waals surface area contributed by atoms with Crippen molar-refractivity contribution in [1.82, 2.24) is 10.2 Å². The summed E-state index contributed by atoms with van der Waals surface area (Å²) in [6.45, 7) is 2.26. The molecule has 8 heteroatoms. The summed E-state index contributed by atoms with van der Waals surface area (Å²) in [6.07, 6.45) is 0.339. The molecule has 2 aromatic rings. The van der Waals surface area contributed by atoms with Gasteiger partial charge < -0.3 is 19.7 Å². The topological polar surface area (TPSA) is 67.9 Å². The summed E-state index contributed by atoms with van der Waals surface area (Å²) < 4.78 is 23.8. The van der Waals surface area contributed by atoms with Crippen LogP contribution in [0.3, 0.4) is 0 Å². The third kappa shape index (κ3) is 4.28. The minimum atomic E-state index is -1.40. The molecule has 6 nitrogen and oxygen atoms in total. The van der Waals surface area contributed by atoms with Gasteiger partial charge in [-0.25, -0.2) is 4.39 Å². The number of amides is 1. The smallest absolute Gasteiger partial charge is 0.309 e. The van der Waals surface area contributed by atoms with E-state index < -0.39 is 23.2 Å². The first-order valence-electron chi connectivity index (χ1n) is 9.58. The number of thiocarbonyl (C=S) groups is 1. The van der Waals surface area contributed by atoms with Crippen molar-refractivity contribution < 1.29 is 23.5 Å². The number of rotatable bonds is 8. The molecule has 30 heavy (non-hydrogen) atoms. The molecule has 3 rings (SSSR count). The SMILES string of the molecule is CCOC(=O)CC1(c2ccc(F)cc2)C(=O)NC(=S)N1CCc1ccc(OC)cc1. The Morgan fingerprint density at radius 1 is 1.17 bits per heavy atom. The van der Waals surface area contributed by atoms with Gasteiger partial charge in [0.2, 0.25) is 0 Å². The van der Waals surface area contributed by atoms with Crippen LogP contribution in [0.2, 0.25) is 0 Å². The quantitative estimate of drug-likeness (QED) is 0.513. The average molecular weight is 431 g/mol. The number of benzene rings is 2. The summed E-state index contributed by atoms with van der Waals surface area (Å²) in [6, 6.07) is 13.1. The van der Waals surface area contributed by atoms with Gasteiger partial charge in [0.1, 0.15) is 11.6 Å². The van der Waals surface area contributed by atoms with Crippen molar-refractivity contribution in [1.29, 1.82) is 0 Å². The maximum absolute atomic E-state index is 13.5. The molecule has 1 aliphatic rings. The number of halogens is 1. The number of esters is 1. The number of carbonyl (C=O) groups is 2. The lowest BCUT2D eigenvalue weighted by Gasteiger charge is -2.36. The molecule has 1 heterocycles. The molecule has 1 amide bonds. The molecule has 0 bridgehead atoms. The number of nitrogens with one attached hydrogen (secondary N) is 1. The molecule has 1 saturated heterocycles. The Balaban J connectivity index is 1.95. The lowest BCUT2D eigenvalue weighted by molar-refractivity contribution is -0.149. The van der Waals surface area contributed by atoms with Crippen LogP contribution < -0.4 is 10.1 Å². The van der Waals surface area contributed by atoms with Gasteiger partial charge in [0.15, 0.2) is 10.7 Å². The van der Waals surface area contributed by atoms with Crippen LogP contribution in [0.1, 0.15) is 24.5 Å². The van der Waals surface area contributed by atoms with E-state index in [4.69, 9.17) is 21.7 Å². The van der Waals surface area contributed by atoms with Crippen LogP contribution in [-0.2, 0) is 26.3 Å². The first kappa shape index (κ1) is 21.7. The summed E-state index contributed by atoms with van der Waals surface area (Å²) in [5.74, 6) is -0.649. The van der Waals surface area contributed by atoms with Crippen LogP contribution in [0, 0.1) is 5.82 Å². The zero-order valence-electron chi connectivity index (χ0n) is 16.8. The number of ether oxygens (including phenoxy) is 2. The van der Waals surface area contributed by atoms with Crippen LogP contribution in [0.4, 0.5) is 4.39 Å². The second kappa shape index (κ2) is 9.21. The Morgan fingerprint density at radius 2 is 1.83 bits per heavy atom. The number of hydrogen-bond donors (Lipinski definition) is 1. The third-order valence-electron chi connectivity index (χ3n) is 5.11. The maximum atomic E-state index is 13.5. The van der Waals surface area contributed by atoms with E-state index in [-0.39, 0.29) is 18.1 Å². The van der Waals surface area contributed by atoms with Gasteiger partial charge in [-0.3, -0.25) is 9.59 Å². The van der Waals surface area contributed by atoms with E-state index in [9.17, 15) is 14.0 Å². The summed E-state index contributed by atoms with van der Waals surface area (Å²) in [5, 5.41) is 2.89. The number of carbonyl (C=O) groups excluding carboxylic acids is 2. The van der Waals surface area contributed by atoms with E-state index in [0.29, 0.717) is 18.5 Å². The summed E-state index contributed by atoms with van der Waals surface area (Å²) in [4.78, 5) is 27.2. The first-order valence-corrected chi connectivity index (χ1v) is 9.99. The highest BCUT2D eigenvalue weighted by Crippen LogP contribution is 2.37. The molecule has 1 N–H and O–H groups in total. The van der Waals surface area contributed by atoms with Crippen molar-refractivity contribution in [3.63, 3.8) is 0 Å². The highest BCUT2D eigenvalue weighted by atomic mass is 32.1. The van der Waals surface area contributed by atoms with E-state index in [0.717, 1.165) is 11.3 Å². The van der Waals surface area contributed by atoms with Crippen molar-refractivity contribution in [2.75, 3.05) is 20.3 Å². The number of hydrogen-bond acceptors (Lipinski definition) is 5. The molecule has 2 aromatic carbocycles. The molecule has 0 spiro atoms. The first-order chi connectivity index (χ1) is 14.4. The standard InChI is InChI=1S/C22H23FN2O4S/c1-3-29-19(26)14-22(16-6-8-17(23)9-7-16)20(27)24-21(30)25(22)13-12-15-4-10-18(28-2)11-5-15/h4-11H,3,12-14H2,1-2H3,(H,24,27,30). The fourth-order valence-electron chi connectivity index (χ4n) is 3.60. The lowest BCUT2D eigenvalue weighted by Crippen LogP contribution is -2.49. The predicted molar refractivity (Wildman–Crippen MR) is 113 cm³/mol. The Morgan fingerprint density at radius 3 is 2.43 bits per heavy atom. The highest BCUT2D eigenvalue weighted by Gasteiger charge is 2.53. The van der Waals surface area contributed by atoms with Crippen LogP contribution in [0.15, 0.2) is 48.5 Å². The fourth-order valence-corrected chi connectivity index (χ4v) is 3.94. The normalized spacial score (nSPS) is 18.3. The second-order valence-electron chi connectivity index (χ2n) is 6.86. The number of nitrogens with zero attached hydrogens (tertiary/aromatic N) is 1. The molecule has 158 valence electrons. The molecular formula is C22H23FN2O4S. The van der Waals surface area contributed by atoms with Crippen LogP contribution in [0.5, 0.6) is 5.75 Å². The summed E-state index contributed by atoms with van der Waals surface area (Å²) >= 11 is 5.41. The van der Waals surface area contributed by atoms with Crippen molar-refractivity contribution in [2.45, 2.75) is 25.3 Å². The van der Waals surface area contributed by atoms with Crippen LogP contribution >= 0.6 is 12.2 Å². The van der Waals surface area contributed by atoms with Gasteiger partial charge in [0.05, 0.1) is 20.1 Å². The largest absolute Gasteiger partial charge is 0.497 e. The van der Waals surface area contributed by atoms with Crippen LogP contribution in [0.25, 0.3) is 0 Å². The average Bonchev–Trinajstić information content (AvgIpc) is 2.97. The highest BCUT2D eigenvalue weighted by molar-refractivity contribution is 7.80. The van der Waals surface area contributed by atoms with Gasteiger partial charge in [-0.05, 0) is 61.0 Å². The zero-order valence-corrected chi connectivity index (χ0v) is 17.6. The van der Waals surface area contributed by atoms with Crippen LogP contribution in [-0.4, -0.2) is 42.2 Å². The van der Waals surface area contributed by atoms with Gasteiger partial charge in [-0.15, -0.1) is 0 Å². The molecule has 0 radical (unpaired) electrons. The van der Waals surface area contributed by atoms with E-state index in [1.165, 1.54) is 24.3 Å². The zero-order chi connectivity index (χ0) is 21.7. The maximum Gasteiger partial charge on any atom is 0.309 e. The van der Waals surface area contributed by atoms with E-state index >= 15 is 0 Å².